The van der Waals surface area contributed by atoms with Crippen molar-refractivity contribution >= 4 is 16.9 Å². The van der Waals surface area contributed by atoms with E-state index in [4.69, 9.17) is 0 Å². The van der Waals surface area contributed by atoms with Gasteiger partial charge in [0.05, 0.1) is 11.0 Å². The first kappa shape index (κ1) is 17.9. The Kier molecular flexibility index (Phi) is 5.07. The van der Waals surface area contributed by atoms with Crippen LogP contribution in [0.3, 0.4) is 0 Å². The molecule has 2 aromatic heterocycles. The molecule has 1 saturated heterocycles. The second-order valence-electron chi connectivity index (χ2n) is 7.67. The van der Waals surface area contributed by atoms with Crippen LogP contribution in [0.1, 0.15) is 24.2 Å². The lowest BCUT2D eigenvalue weighted by molar-refractivity contribution is 0.166. The maximum Gasteiger partial charge on any atom is 0.132 e. The standard InChI is InChI=1S/C21H26FN5/c1-26(2)21-16(6-3-9-23-21)14-27-10-4-5-15(13-27)11-20-24-18-8-7-17(22)12-19(18)25-20/h3,6-9,12,15H,4-5,10-11,13-14H2,1-2H3,(H,24,25)/t15-/m1/s1. The van der Waals surface area contributed by atoms with Crippen LogP contribution in [0.15, 0.2) is 36.5 Å². The number of pyridine rings is 1. The summed E-state index contributed by atoms with van der Waals surface area (Å²) in [6.07, 6.45) is 5.15. The molecule has 1 N–H and O–H groups in total. The molecule has 0 unspecified atom stereocenters. The lowest BCUT2D eigenvalue weighted by Gasteiger charge is -2.33. The number of anilines is 1. The number of rotatable bonds is 5. The van der Waals surface area contributed by atoms with Crippen molar-refractivity contribution in [3.63, 3.8) is 0 Å². The number of nitrogens with zero attached hydrogens (tertiary/aromatic N) is 4. The van der Waals surface area contributed by atoms with Crippen molar-refractivity contribution in [2.24, 2.45) is 5.92 Å². The Morgan fingerprint density at radius 3 is 3.04 bits per heavy atom. The molecule has 6 heteroatoms. The van der Waals surface area contributed by atoms with Crippen molar-refractivity contribution in [2.45, 2.75) is 25.8 Å². The van der Waals surface area contributed by atoms with Crippen molar-refractivity contribution in [3.05, 3.63) is 53.7 Å². The van der Waals surface area contributed by atoms with Crippen LogP contribution >= 0.6 is 0 Å². The quantitative estimate of drug-likeness (QED) is 0.748. The van der Waals surface area contributed by atoms with Crippen LogP contribution in [0, 0.1) is 11.7 Å². The zero-order valence-corrected chi connectivity index (χ0v) is 16.0. The highest BCUT2D eigenvalue weighted by Gasteiger charge is 2.22. The average molecular weight is 367 g/mol. The van der Waals surface area contributed by atoms with Crippen LogP contribution in [-0.2, 0) is 13.0 Å². The van der Waals surface area contributed by atoms with Gasteiger partial charge in [-0.25, -0.2) is 14.4 Å². The molecular formula is C21H26FN5. The van der Waals surface area contributed by atoms with Crippen LogP contribution in [0.2, 0.25) is 0 Å². The second kappa shape index (κ2) is 7.64. The number of aromatic amines is 1. The molecule has 5 nitrogen and oxygen atoms in total. The van der Waals surface area contributed by atoms with E-state index in [2.05, 4.69) is 30.8 Å². The van der Waals surface area contributed by atoms with Gasteiger partial charge in [0.1, 0.15) is 17.5 Å². The van der Waals surface area contributed by atoms with Crippen molar-refractivity contribution in [1.29, 1.82) is 0 Å². The number of hydrogen-bond donors (Lipinski definition) is 1. The van der Waals surface area contributed by atoms with Gasteiger partial charge in [-0.3, -0.25) is 4.90 Å². The summed E-state index contributed by atoms with van der Waals surface area (Å²) >= 11 is 0. The number of H-pyrrole nitrogens is 1. The van der Waals surface area contributed by atoms with E-state index in [9.17, 15) is 4.39 Å². The fourth-order valence-corrected chi connectivity index (χ4v) is 4.06. The van der Waals surface area contributed by atoms with E-state index >= 15 is 0 Å². The number of imidazole rings is 1. The van der Waals surface area contributed by atoms with Gasteiger partial charge in [-0.1, -0.05) is 6.07 Å². The minimum Gasteiger partial charge on any atom is -0.362 e. The molecule has 0 saturated carbocycles. The van der Waals surface area contributed by atoms with E-state index in [1.54, 1.807) is 6.07 Å². The summed E-state index contributed by atoms with van der Waals surface area (Å²) in [5, 5.41) is 0. The highest BCUT2D eigenvalue weighted by atomic mass is 19.1. The summed E-state index contributed by atoms with van der Waals surface area (Å²) in [4.78, 5) is 17.0. The Hall–Kier alpha value is -2.47. The van der Waals surface area contributed by atoms with Gasteiger partial charge in [0, 0.05) is 45.4 Å². The third-order valence-corrected chi connectivity index (χ3v) is 5.26. The van der Waals surface area contributed by atoms with Gasteiger partial charge >= 0.3 is 0 Å². The van der Waals surface area contributed by atoms with Gasteiger partial charge in [0.2, 0.25) is 0 Å². The molecule has 0 bridgehead atoms. The maximum absolute atomic E-state index is 13.4. The number of piperidine rings is 1. The summed E-state index contributed by atoms with van der Waals surface area (Å²) in [5.74, 6) is 2.33. The number of halogens is 1. The molecule has 0 spiro atoms. The van der Waals surface area contributed by atoms with Gasteiger partial charge in [0.15, 0.2) is 0 Å². The highest BCUT2D eigenvalue weighted by molar-refractivity contribution is 5.74. The lowest BCUT2D eigenvalue weighted by Crippen LogP contribution is -2.36. The van der Waals surface area contributed by atoms with E-state index in [1.807, 2.05) is 26.4 Å². The Morgan fingerprint density at radius 2 is 2.19 bits per heavy atom. The monoisotopic (exact) mass is 367 g/mol. The van der Waals surface area contributed by atoms with E-state index in [0.717, 1.165) is 48.7 Å². The number of fused-ring (bicyclic) bond motifs is 1. The van der Waals surface area contributed by atoms with Gasteiger partial charge in [0.25, 0.3) is 0 Å². The SMILES string of the molecule is CN(C)c1ncccc1CN1CCC[C@H](Cc2nc3ccc(F)cc3[nH]2)C1. The molecule has 142 valence electrons. The predicted octanol–water partition coefficient (Wildman–Crippen LogP) is 3.62. The van der Waals surface area contributed by atoms with Crippen LogP contribution < -0.4 is 4.90 Å². The summed E-state index contributed by atoms with van der Waals surface area (Å²) in [5.41, 5.74) is 2.89. The first-order valence-electron chi connectivity index (χ1n) is 9.56. The third-order valence-electron chi connectivity index (χ3n) is 5.26. The van der Waals surface area contributed by atoms with Gasteiger partial charge in [-0.2, -0.15) is 0 Å². The summed E-state index contributed by atoms with van der Waals surface area (Å²) in [7, 11) is 4.07. The molecule has 4 rings (SSSR count). The van der Waals surface area contributed by atoms with E-state index in [-0.39, 0.29) is 5.82 Å². The smallest absolute Gasteiger partial charge is 0.132 e. The Labute approximate surface area is 159 Å². The van der Waals surface area contributed by atoms with Gasteiger partial charge < -0.3 is 9.88 Å². The molecule has 3 aromatic rings. The molecule has 1 aliphatic heterocycles. The minimum atomic E-state index is -0.227. The Morgan fingerprint density at radius 1 is 1.30 bits per heavy atom. The summed E-state index contributed by atoms with van der Waals surface area (Å²) in [6.45, 7) is 3.08. The second-order valence-corrected chi connectivity index (χ2v) is 7.67. The third kappa shape index (κ3) is 4.11. The molecule has 1 aromatic carbocycles. The van der Waals surface area contributed by atoms with E-state index in [0.29, 0.717) is 5.92 Å². The first-order valence-corrected chi connectivity index (χ1v) is 9.56. The molecule has 0 aliphatic carbocycles. The first-order chi connectivity index (χ1) is 13.1. The van der Waals surface area contributed by atoms with Crippen molar-refractivity contribution in [1.82, 2.24) is 19.9 Å². The van der Waals surface area contributed by atoms with Crippen molar-refractivity contribution in [2.75, 3.05) is 32.1 Å². The van der Waals surface area contributed by atoms with Crippen molar-refractivity contribution in [3.8, 4) is 0 Å². The zero-order valence-electron chi connectivity index (χ0n) is 16.0. The van der Waals surface area contributed by atoms with Crippen LogP contribution in [0.4, 0.5) is 10.2 Å². The molecule has 1 atom stereocenters. The van der Waals surface area contributed by atoms with Crippen LogP contribution in [-0.4, -0.2) is 47.0 Å². The van der Waals surface area contributed by atoms with Crippen LogP contribution in [0.5, 0.6) is 0 Å². The lowest BCUT2D eigenvalue weighted by atomic mass is 9.94. The van der Waals surface area contributed by atoms with Crippen LogP contribution in [0.25, 0.3) is 11.0 Å². The molecule has 0 radical (unpaired) electrons. The molecule has 1 aliphatic rings. The Bertz CT molecular complexity index is 920. The molecule has 3 heterocycles. The number of likely N-dealkylation sites (tertiary alicyclic amines) is 1. The number of nitrogens with one attached hydrogen (secondary N) is 1. The molecule has 0 amide bonds. The number of hydrogen-bond acceptors (Lipinski definition) is 4. The topological polar surface area (TPSA) is 48.1 Å². The summed E-state index contributed by atoms with van der Waals surface area (Å²) < 4.78 is 13.4. The Balaban J connectivity index is 1.43. The number of aromatic nitrogens is 3. The fraction of sp³-hybridized carbons (Fsp3) is 0.429. The predicted molar refractivity (Wildman–Crippen MR) is 106 cm³/mol. The molecular weight excluding hydrogens is 341 g/mol. The highest BCUT2D eigenvalue weighted by Crippen LogP contribution is 2.24. The van der Waals surface area contributed by atoms with Gasteiger partial charge in [-0.15, -0.1) is 0 Å². The normalized spacial score (nSPS) is 18.1. The van der Waals surface area contributed by atoms with E-state index in [1.165, 1.54) is 30.5 Å². The minimum absolute atomic E-state index is 0.227. The largest absolute Gasteiger partial charge is 0.362 e. The zero-order chi connectivity index (χ0) is 18.8. The fourth-order valence-electron chi connectivity index (χ4n) is 4.06. The molecule has 1 fully saturated rings. The molecule has 27 heavy (non-hydrogen) atoms. The average Bonchev–Trinajstić information content (AvgIpc) is 3.03. The van der Waals surface area contributed by atoms with Gasteiger partial charge in [-0.05, 0) is 49.6 Å². The number of benzene rings is 1. The van der Waals surface area contributed by atoms with E-state index < -0.39 is 0 Å². The maximum atomic E-state index is 13.4. The van der Waals surface area contributed by atoms with Crippen molar-refractivity contribution < 1.29 is 4.39 Å². The summed E-state index contributed by atoms with van der Waals surface area (Å²) in [6, 6.07) is 8.90.